The number of hydrogen-bond acceptors (Lipinski definition) is 2. The van der Waals surface area contributed by atoms with Crippen LogP contribution in [-0.2, 0) is 9.53 Å². The molecule has 23 heavy (non-hydrogen) atoms. The van der Waals surface area contributed by atoms with Gasteiger partial charge in [-0.1, -0.05) is 44.2 Å². The maximum absolute atomic E-state index is 13.1. The van der Waals surface area contributed by atoms with Crippen molar-refractivity contribution in [2.45, 2.75) is 19.8 Å². The third-order valence-corrected chi connectivity index (χ3v) is 4.23. The normalized spacial score (nSPS) is 21.0. The summed E-state index contributed by atoms with van der Waals surface area (Å²) in [4.78, 5) is 12.5. The van der Waals surface area contributed by atoms with Gasteiger partial charge in [0.1, 0.15) is 11.6 Å². The van der Waals surface area contributed by atoms with E-state index in [4.69, 9.17) is 4.74 Å². The van der Waals surface area contributed by atoms with Crippen molar-refractivity contribution in [1.82, 2.24) is 0 Å². The number of carbonyl (C=O) groups excluding carboxylic acids is 1. The van der Waals surface area contributed by atoms with Crippen LogP contribution < -0.4 is 0 Å². The number of ether oxygens (including phenoxy) is 1. The lowest BCUT2D eigenvalue weighted by Crippen LogP contribution is -2.31. The van der Waals surface area contributed by atoms with Crippen LogP contribution in [0.4, 0.5) is 4.39 Å². The van der Waals surface area contributed by atoms with E-state index in [2.05, 4.69) is 0 Å². The summed E-state index contributed by atoms with van der Waals surface area (Å²) >= 11 is 0. The molecule has 0 amide bonds. The van der Waals surface area contributed by atoms with Gasteiger partial charge in [-0.2, -0.15) is 0 Å². The van der Waals surface area contributed by atoms with E-state index < -0.39 is 0 Å². The summed E-state index contributed by atoms with van der Waals surface area (Å²) in [7, 11) is 0. The predicted molar refractivity (Wildman–Crippen MR) is 88.0 cm³/mol. The standard InChI is InChI=1S/C20H19FO2/c1-13(2)19-17(14-6-4-3-5-7-14)12-18(23-20(19)22)15-8-10-16(21)11-9-15/h3-13,17,19H,1-2H3/t17-,19-/m1/s1. The summed E-state index contributed by atoms with van der Waals surface area (Å²) in [6.45, 7) is 4.05. The zero-order chi connectivity index (χ0) is 16.4. The van der Waals surface area contributed by atoms with Gasteiger partial charge in [0.25, 0.3) is 0 Å². The lowest BCUT2D eigenvalue weighted by molar-refractivity contribution is -0.144. The van der Waals surface area contributed by atoms with Crippen molar-refractivity contribution in [2.75, 3.05) is 0 Å². The Balaban J connectivity index is 2.05. The first-order chi connectivity index (χ1) is 11.1. The third-order valence-electron chi connectivity index (χ3n) is 4.23. The SMILES string of the molecule is CC(C)[C@H]1C(=O)OC(c2ccc(F)cc2)=C[C@@H]1c1ccccc1. The van der Waals surface area contributed by atoms with E-state index >= 15 is 0 Å². The van der Waals surface area contributed by atoms with Crippen molar-refractivity contribution in [3.63, 3.8) is 0 Å². The fraction of sp³-hybridized carbons (Fsp3) is 0.250. The molecule has 2 atom stereocenters. The van der Waals surface area contributed by atoms with E-state index in [1.807, 2.05) is 50.3 Å². The molecule has 0 fully saturated rings. The Kier molecular flexibility index (Phi) is 4.28. The van der Waals surface area contributed by atoms with Crippen LogP contribution in [0, 0.1) is 17.7 Å². The van der Waals surface area contributed by atoms with Crippen LogP contribution in [0.2, 0.25) is 0 Å². The summed E-state index contributed by atoms with van der Waals surface area (Å²) in [5.74, 6) is -0.134. The van der Waals surface area contributed by atoms with Crippen LogP contribution in [-0.4, -0.2) is 5.97 Å². The molecule has 3 rings (SSSR count). The number of benzene rings is 2. The topological polar surface area (TPSA) is 26.3 Å². The summed E-state index contributed by atoms with van der Waals surface area (Å²) in [6, 6.07) is 16.0. The highest BCUT2D eigenvalue weighted by atomic mass is 19.1. The monoisotopic (exact) mass is 310 g/mol. The van der Waals surface area contributed by atoms with Crippen molar-refractivity contribution in [1.29, 1.82) is 0 Å². The highest BCUT2D eigenvalue weighted by Gasteiger charge is 2.37. The molecule has 0 saturated carbocycles. The lowest BCUT2D eigenvalue weighted by atomic mass is 9.77. The van der Waals surface area contributed by atoms with Gasteiger partial charge in [-0.25, -0.2) is 4.39 Å². The molecule has 2 aromatic carbocycles. The van der Waals surface area contributed by atoms with E-state index in [-0.39, 0.29) is 29.5 Å². The second kappa shape index (κ2) is 6.37. The molecule has 118 valence electrons. The van der Waals surface area contributed by atoms with Gasteiger partial charge >= 0.3 is 5.97 Å². The van der Waals surface area contributed by atoms with Crippen LogP contribution in [0.1, 0.15) is 30.9 Å². The van der Waals surface area contributed by atoms with Crippen LogP contribution >= 0.6 is 0 Å². The second-order valence-corrected chi connectivity index (χ2v) is 6.17. The van der Waals surface area contributed by atoms with Gasteiger partial charge in [0.15, 0.2) is 0 Å². The number of esters is 1. The first kappa shape index (κ1) is 15.5. The summed E-state index contributed by atoms with van der Waals surface area (Å²) < 4.78 is 18.7. The molecule has 0 radical (unpaired) electrons. The zero-order valence-corrected chi connectivity index (χ0v) is 13.2. The number of allylic oxidation sites excluding steroid dienone is 1. The van der Waals surface area contributed by atoms with Gasteiger partial charge in [0.2, 0.25) is 0 Å². The molecule has 0 unspecified atom stereocenters. The molecule has 1 aliphatic heterocycles. The third kappa shape index (κ3) is 3.19. The number of hydrogen-bond donors (Lipinski definition) is 0. The van der Waals surface area contributed by atoms with Crippen LogP contribution in [0.5, 0.6) is 0 Å². The van der Waals surface area contributed by atoms with Gasteiger partial charge in [-0.3, -0.25) is 4.79 Å². The summed E-state index contributed by atoms with van der Waals surface area (Å²) in [5, 5.41) is 0. The minimum atomic E-state index is -0.309. The van der Waals surface area contributed by atoms with E-state index in [1.165, 1.54) is 12.1 Å². The fourth-order valence-corrected chi connectivity index (χ4v) is 3.06. The van der Waals surface area contributed by atoms with E-state index in [1.54, 1.807) is 12.1 Å². The van der Waals surface area contributed by atoms with Gasteiger partial charge in [-0.05, 0) is 41.8 Å². The molecule has 1 aliphatic rings. The minimum absolute atomic E-state index is 0.0440. The van der Waals surface area contributed by atoms with Gasteiger partial charge in [0.05, 0.1) is 5.92 Å². The molecule has 0 aromatic heterocycles. The van der Waals surface area contributed by atoms with Gasteiger partial charge < -0.3 is 4.74 Å². The van der Waals surface area contributed by atoms with Crippen molar-refractivity contribution >= 4 is 11.7 Å². The number of halogens is 1. The number of cyclic esters (lactones) is 1. The molecular weight excluding hydrogens is 291 g/mol. The fourth-order valence-electron chi connectivity index (χ4n) is 3.06. The maximum atomic E-state index is 13.1. The Morgan fingerprint density at radius 1 is 1.00 bits per heavy atom. The molecule has 3 heteroatoms. The Labute approximate surface area is 135 Å². The van der Waals surface area contributed by atoms with E-state index in [0.29, 0.717) is 11.3 Å². The van der Waals surface area contributed by atoms with E-state index in [9.17, 15) is 9.18 Å². The predicted octanol–water partition coefficient (Wildman–Crippen LogP) is 4.78. The average Bonchev–Trinajstić information content (AvgIpc) is 2.55. The highest BCUT2D eigenvalue weighted by Crippen LogP contribution is 2.39. The van der Waals surface area contributed by atoms with Crippen molar-refractivity contribution in [3.8, 4) is 0 Å². The smallest absolute Gasteiger partial charge is 0.315 e. The van der Waals surface area contributed by atoms with Gasteiger partial charge in [0, 0.05) is 11.5 Å². The zero-order valence-electron chi connectivity index (χ0n) is 13.2. The van der Waals surface area contributed by atoms with Crippen molar-refractivity contribution < 1.29 is 13.9 Å². The molecule has 0 bridgehead atoms. The number of carbonyl (C=O) groups is 1. The average molecular weight is 310 g/mol. The molecule has 0 aliphatic carbocycles. The molecular formula is C20H19FO2. The Bertz CT molecular complexity index is 717. The van der Waals surface area contributed by atoms with Crippen LogP contribution in [0.25, 0.3) is 5.76 Å². The van der Waals surface area contributed by atoms with Gasteiger partial charge in [-0.15, -0.1) is 0 Å². The molecule has 2 aromatic rings. The summed E-state index contributed by atoms with van der Waals surface area (Å²) in [5.41, 5.74) is 1.80. The first-order valence-electron chi connectivity index (χ1n) is 7.80. The largest absolute Gasteiger partial charge is 0.426 e. The van der Waals surface area contributed by atoms with Crippen molar-refractivity contribution in [3.05, 3.63) is 77.6 Å². The Hall–Kier alpha value is -2.42. The Morgan fingerprint density at radius 3 is 2.26 bits per heavy atom. The quantitative estimate of drug-likeness (QED) is 0.763. The van der Waals surface area contributed by atoms with Crippen LogP contribution in [0.3, 0.4) is 0 Å². The van der Waals surface area contributed by atoms with Crippen molar-refractivity contribution in [2.24, 2.45) is 11.8 Å². The molecule has 2 nitrogen and oxygen atoms in total. The molecule has 0 N–H and O–H groups in total. The Morgan fingerprint density at radius 2 is 1.65 bits per heavy atom. The lowest BCUT2D eigenvalue weighted by Gasteiger charge is -2.31. The molecule has 0 saturated heterocycles. The summed E-state index contributed by atoms with van der Waals surface area (Å²) in [6.07, 6.45) is 1.98. The molecule has 1 heterocycles. The highest BCUT2D eigenvalue weighted by molar-refractivity contribution is 5.84. The minimum Gasteiger partial charge on any atom is -0.426 e. The second-order valence-electron chi connectivity index (χ2n) is 6.17. The maximum Gasteiger partial charge on any atom is 0.315 e. The van der Waals surface area contributed by atoms with E-state index in [0.717, 1.165) is 5.56 Å². The number of rotatable bonds is 3. The first-order valence-corrected chi connectivity index (χ1v) is 7.80. The van der Waals surface area contributed by atoms with Crippen LogP contribution in [0.15, 0.2) is 60.7 Å². The molecule has 0 spiro atoms.